The van der Waals surface area contributed by atoms with Gasteiger partial charge < -0.3 is 14.8 Å². The van der Waals surface area contributed by atoms with E-state index in [4.69, 9.17) is 9.47 Å². The summed E-state index contributed by atoms with van der Waals surface area (Å²) in [7, 11) is -3.56. The van der Waals surface area contributed by atoms with E-state index in [0.717, 1.165) is 30.6 Å². The number of anilines is 2. The summed E-state index contributed by atoms with van der Waals surface area (Å²) in [6, 6.07) is 11.0. The molecule has 194 valence electrons. The highest BCUT2D eigenvalue weighted by atomic mass is 32.2. The minimum Gasteiger partial charge on any atom is -0.454 e. The van der Waals surface area contributed by atoms with E-state index < -0.39 is 15.9 Å². The molecule has 5 rings (SSSR count). The van der Waals surface area contributed by atoms with E-state index in [-0.39, 0.29) is 28.5 Å². The van der Waals surface area contributed by atoms with E-state index in [9.17, 15) is 18.0 Å². The first kappa shape index (κ1) is 25.4. The van der Waals surface area contributed by atoms with E-state index in [2.05, 4.69) is 20.8 Å². The van der Waals surface area contributed by atoms with E-state index in [1.54, 1.807) is 18.2 Å². The summed E-state index contributed by atoms with van der Waals surface area (Å²) in [5.74, 6) is 0.645. The second-order valence-electron chi connectivity index (χ2n) is 8.22. The van der Waals surface area contributed by atoms with Crippen molar-refractivity contribution < 1.29 is 27.5 Å². The molecule has 0 aliphatic carbocycles. The van der Waals surface area contributed by atoms with Gasteiger partial charge in [-0.1, -0.05) is 29.5 Å². The number of carbonyl (C=O) groups is 2. The van der Waals surface area contributed by atoms with Crippen LogP contribution in [0.15, 0.2) is 51.7 Å². The molecule has 14 heteroatoms. The lowest BCUT2D eigenvalue weighted by Crippen LogP contribution is -2.35. The fraction of sp³-hybridized carbons (Fsp3) is 0.304. The van der Waals surface area contributed by atoms with Gasteiger partial charge in [-0.2, -0.15) is 4.31 Å². The molecule has 2 aromatic carbocycles. The number of piperidine rings is 1. The molecule has 3 aromatic rings. The van der Waals surface area contributed by atoms with Gasteiger partial charge in [-0.15, -0.1) is 10.2 Å². The molecule has 1 aromatic heterocycles. The molecule has 0 atom stereocenters. The van der Waals surface area contributed by atoms with Crippen LogP contribution in [-0.4, -0.2) is 60.4 Å². The second-order valence-corrected chi connectivity index (χ2v) is 12.4. The molecule has 0 unspecified atom stereocenters. The van der Waals surface area contributed by atoms with Crippen molar-refractivity contribution >= 4 is 55.8 Å². The number of carbonyl (C=O) groups excluding carboxylic acids is 2. The number of hydrogen-bond donors (Lipinski definition) is 2. The molecular weight excluding hydrogens is 538 g/mol. The van der Waals surface area contributed by atoms with Gasteiger partial charge in [0.05, 0.1) is 10.6 Å². The smallest absolute Gasteiger partial charge is 0.257 e. The van der Waals surface area contributed by atoms with Crippen molar-refractivity contribution in [1.29, 1.82) is 0 Å². The topological polar surface area (TPSA) is 140 Å². The first-order chi connectivity index (χ1) is 17.9. The number of nitrogens with zero attached hydrogens (tertiary/aromatic N) is 3. The third kappa shape index (κ3) is 6.04. The lowest BCUT2D eigenvalue weighted by Gasteiger charge is -2.25. The molecular formula is C23H23N5O6S3. The van der Waals surface area contributed by atoms with Crippen LogP contribution in [0.25, 0.3) is 0 Å². The summed E-state index contributed by atoms with van der Waals surface area (Å²) < 4.78 is 38.1. The molecule has 2 aliphatic rings. The summed E-state index contributed by atoms with van der Waals surface area (Å²) in [6.45, 7) is 1.19. The molecule has 0 spiro atoms. The van der Waals surface area contributed by atoms with Crippen LogP contribution in [0.4, 0.5) is 10.8 Å². The Morgan fingerprint density at radius 2 is 1.73 bits per heavy atom. The summed E-state index contributed by atoms with van der Waals surface area (Å²) in [6.07, 6.45) is 2.74. The van der Waals surface area contributed by atoms with Crippen LogP contribution >= 0.6 is 23.1 Å². The maximum absolute atomic E-state index is 12.8. The number of fused-ring (bicyclic) bond motifs is 1. The highest BCUT2D eigenvalue weighted by molar-refractivity contribution is 8.01. The largest absolute Gasteiger partial charge is 0.454 e. The SMILES string of the molecule is O=C(CSc1nnc(NC(=O)c2ccc(S(=O)(=O)N3CCCCC3)cc2)s1)Nc1ccc2c(c1)OCO2. The van der Waals surface area contributed by atoms with Crippen molar-refractivity contribution in [2.75, 3.05) is 36.3 Å². The van der Waals surface area contributed by atoms with E-state index in [0.29, 0.717) is 40.2 Å². The number of hydrogen-bond acceptors (Lipinski definition) is 10. The summed E-state index contributed by atoms with van der Waals surface area (Å²) in [5, 5.41) is 13.7. The Kier molecular flexibility index (Phi) is 7.60. The monoisotopic (exact) mass is 561 g/mol. The molecule has 1 fully saturated rings. The second kappa shape index (κ2) is 11.0. The van der Waals surface area contributed by atoms with Crippen molar-refractivity contribution in [2.24, 2.45) is 0 Å². The van der Waals surface area contributed by atoms with Crippen LogP contribution in [0, 0.1) is 0 Å². The third-order valence-electron chi connectivity index (χ3n) is 5.68. The van der Waals surface area contributed by atoms with Crippen LogP contribution in [0.1, 0.15) is 29.6 Å². The first-order valence-corrected chi connectivity index (χ1v) is 14.7. The van der Waals surface area contributed by atoms with Crippen molar-refractivity contribution in [3.05, 3.63) is 48.0 Å². The summed E-state index contributed by atoms with van der Waals surface area (Å²) in [5.41, 5.74) is 0.889. The molecule has 3 heterocycles. The maximum atomic E-state index is 12.8. The fourth-order valence-corrected chi connectivity index (χ4v) is 6.88. The van der Waals surface area contributed by atoms with E-state index in [1.807, 2.05) is 0 Å². The number of ether oxygens (including phenoxy) is 2. The Hall–Kier alpha value is -3.20. The minimum atomic E-state index is -3.56. The van der Waals surface area contributed by atoms with Gasteiger partial charge in [0.2, 0.25) is 27.9 Å². The Bertz CT molecular complexity index is 1400. The Morgan fingerprint density at radius 1 is 0.973 bits per heavy atom. The number of nitrogens with one attached hydrogen (secondary N) is 2. The predicted molar refractivity (Wildman–Crippen MR) is 139 cm³/mol. The molecule has 2 aliphatic heterocycles. The molecule has 2 N–H and O–H groups in total. The van der Waals surface area contributed by atoms with Gasteiger partial charge in [0.15, 0.2) is 15.8 Å². The molecule has 0 saturated carbocycles. The quantitative estimate of drug-likeness (QED) is 0.313. The Morgan fingerprint density at radius 3 is 2.51 bits per heavy atom. The molecule has 1 saturated heterocycles. The minimum absolute atomic E-state index is 0.101. The van der Waals surface area contributed by atoms with Gasteiger partial charge in [-0.25, -0.2) is 8.42 Å². The van der Waals surface area contributed by atoms with Crippen molar-refractivity contribution in [1.82, 2.24) is 14.5 Å². The summed E-state index contributed by atoms with van der Waals surface area (Å²) >= 11 is 2.33. The van der Waals surface area contributed by atoms with Crippen molar-refractivity contribution in [2.45, 2.75) is 28.5 Å². The Balaban J connectivity index is 1.12. The van der Waals surface area contributed by atoms with Crippen LogP contribution in [-0.2, 0) is 14.8 Å². The van der Waals surface area contributed by atoms with Crippen molar-refractivity contribution in [3.63, 3.8) is 0 Å². The standard InChI is InChI=1S/C23H23N5O6S3/c29-20(24-16-6-9-18-19(12-16)34-14-33-18)13-35-23-27-26-22(36-23)25-21(30)15-4-7-17(8-5-15)37(31,32)28-10-2-1-3-11-28/h4-9,12H,1-3,10-11,13-14H2,(H,24,29)(H,25,26,30). The molecule has 0 radical (unpaired) electrons. The van der Waals surface area contributed by atoms with Gasteiger partial charge in [0.25, 0.3) is 5.91 Å². The van der Waals surface area contributed by atoms with Gasteiger partial charge in [0.1, 0.15) is 0 Å². The Labute approximate surface area is 221 Å². The zero-order chi connectivity index (χ0) is 25.8. The predicted octanol–water partition coefficient (Wildman–Crippen LogP) is 3.42. The zero-order valence-corrected chi connectivity index (χ0v) is 22.0. The third-order valence-corrected chi connectivity index (χ3v) is 9.56. The van der Waals surface area contributed by atoms with Gasteiger partial charge >= 0.3 is 0 Å². The highest BCUT2D eigenvalue weighted by Gasteiger charge is 2.26. The number of amides is 2. The van der Waals surface area contributed by atoms with Crippen LogP contribution in [0.2, 0.25) is 0 Å². The van der Waals surface area contributed by atoms with E-state index >= 15 is 0 Å². The average molecular weight is 562 g/mol. The molecule has 0 bridgehead atoms. The zero-order valence-electron chi connectivity index (χ0n) is 19.5. The van der Waals surface area contributed by atoms with Gasteiger partial charge in [-0.3, -0.25) is 14.9 Å². The highest BCUT2D eigenvalue weighted by Crippen LogP contribution is 2.34. The molecule has 11 nitrogen and oxygen atoms in total. The first-order valence-electron chi connectivity index (χ1n) is 11.5. The normalized spacial score (nSPS) is 15.4. The number of benzene rings is 2. The summed E-state index contributed by atoms with van der Waals surface area (Å²) in [4.78, 5) is 25.1. The number of thioether (sulfide) groups is 1. The fourth-order valence-electron chi connectivity index (χ4n) is 3.82. The lowest BCUT2D eigenvalue weighted by atomic mass is 10.2. The van der Waals surface area contributed by atoms with E-state index in [1.165, 1.54) is 40.3 Å². The lowest BCUT2D eigenvalue weighted by molar-refractivity contribution is -0.113. The van der Waals surface area contributed by atoms with Crippen LogP contribution in [0.3, 0.4) is 0 Å². The van der Waals surface area contributed by atoms with Gasteiger partial charge in [0, 0.05) is 30.4 Å². The van der Waals surface area contributed by atoms with Crippen LogP contribution < -0.4 is 20.1 Å². The molecule has 2 amide bonds. The van der Waals surface area contributed by atoms with Crippen molar-refractivity contribution in [3.8, 4) is 11.5 Å². The van der Waals surface area contributed by atoms with Gasteiger partial charge in [-0.05, 0) is 49.2 Å². The number of rotatable bonds is 8. The van der Waals surface area contributed by atoms with Crippen LogP contribution in [0.5, 0.6) is 11.5 Å². The maximum Gasteiger partial charge on any atom is 0.257 e. The number of sulfonamides is 1. The number of aromatic nitrogens is 2. The average Bonchev–Trinajstić information content (AvgIpc) is 3.57. The molecule has 37 heavy (non-hydrogen) atoms.